The zero-order valence-corrected chi connectivity index (χ0v) is 16.9. The lowest BCUT2D eigenvalue weighted by atomic mass is 10.1. The van der Waals surface area contributed by atoms with E-state index in [1.54, 1.807) is 13.1 Å². The van der Waals surface area contributed by atoms with Crippen LogP contribution in [0.3, 0.4) is 0 Å². The maximum absolute atomic E-state index is 13.2. The fourth-order valence-corrected chi connectivity index (χ4v) is 3.85. The summed E-state index contributed by atoms with van der Waals surface area (Å²) in [6.45, 7) is 4.08. The summed E-state index contributed by atoms with van der Waals surface area (Å²) in [5.41, 5.74) is 1.90. The van der Waals surface area contributed by atoms with E-state index >= 15 is 0 Å². The zero-order chi connectivity index (χ0) is 19.9. The van der Waals surface area contributed by atoms with Crippen LogP contribution in [-0.4, -0.2) is 63.1 Å². The fourth-order valence-electron chi connectivity index (χ4n) is 2.92. The number of H-pyrrole nitrogens is 1. The minimum Gasteiger partial charge on any atom is -0.361 e. The van der Waals surface area contributed by atoms with Gasteiger partial charge in [-0.15, -0.1) is 0 Å². The van der Waals surface area contributed by atoms with Gasteiger partial charge in [0.1, 0.15) is 5.82 Å². The summed E-state index contributed by atoms with van der Waals surface area (Å²) in [4.78, 5) is 7.26. The van der Waals surface area contributed by atoms with Gasteiger partial charge in [-0.25, -0.2) is 17.1 Å². The van der Waals surface area contributed by atoms with E-state index in [2.05, 4.69) is 20.6 Å². The summed E-state index contributed by atoms with van der Waals surface area (Å²) < 4.78 is 37.8. The van der Waals surface area contributed by atoms with Gasteiger partial charge in [-0.3, -0.25) is 4.99 Å². The van der Waals surface area contributed by atoms with Gasteiger partial charge in [0.05, 0.1) is 6.26 Å². The fraction of sp³-hybridized carbons (Fsp3) is 0.500. The SMILES string of the molecule is CCN(CCCNC(=NC)NCCc1c[nH]c2cc(F)ccc12)S(C)(=O)=O. The summed E-state index contributed by atoms with van der Waals surface area (Å²) in [5.74, 6) is 0.416. The Morgan fingerprint density at radius 1 is 1.30 bits per heavy atom. The number of hydrogen-bond acceptors (Lipinski definition) is 3. The van der Waals surface area contributed by atoms with Crippen LogP contribution < -0.4 is 10.6 Å². The van der Waals surface area contributed by atoms with E-state index in [-0.39, 0.29) is 5.82 Å². The minimum absolute atomic E-state index is 0.254. The van der Waals surface area contributed by atoms with Crippen molar-refractivity contribution >= 4 is 26.9 Å². The van der Waals surface area contributed by atoms with Crippen LogP contribution >= 0.6 is 0 Å². The number of aliphatic imine (C=N–C) groups is 1. The predicted octanol–water partition coefficient (Wildman–Crippen LogP) is 1.69. The number of rotatable bonds is 9. The molecule has 9 heteroatoms. The van der Waals surface area contributed by atoms with Crippen molar-refractivity contribution in [2.45, 2.75) is 19.8 Å². The van der Waals surface area contributed by atoms with Crippen molar-refractivity contribution in [1.29, 1.82) is 0 Å². The van der Waals surface area contributed by atoms with Gasteiger partial charge >= 0.3 is 0 Å². The van der Waals surface area contributed by atoms with E-state index in [1.807, 2.05) is 13.1 Å². The first-order valence-corrected chi connectivity index (χ1v) is 10.8. The monoisotopic (exact) mass is 397 g/mol. The van der Waals surface area contributed by atoms with E-state index in [9.17, 15) is 12.8 Å². The Kier molecular flexibility index (Phi) is 7.61. The van der Waals surface area contributed by atoms with Crippen molar-refractivity contribution in [3.63, 3.8) is 0 Å². The average molecular weight is 398 g/mol. The molecule has 0 aliphatic carbocycles. The first-order chi connectivity index (χ1) is 12.8. The number of aromatic nitrogens is 1. The van der Waals surface area contributed by atoms with Crippen molar-refractivity contribution in [3.8, 4) is 0 Å². The van der Waals surface area contributed by atoms with Crippen molar-refractivity contribution < 1.29 is 12.8 Å². The molecule has 0 fully saturated rings. The van der Waals surface area contributed by atoms with Gasteiger partial charge in [-0.1, -0.05) is 6.92 Å². The number of nitrogens with zero attached hydrogens (tertiary/aromatic N) is 2. The van der Waals surface area contributed by atoms with Crippen LogP contribution in [0.1, 0.15) is 18.9 Å². The highest BCUT2D eigenvalue weighted by Gasteiger charge is 2.13. The Bertz CT molecular complexity index is 879. The molecule has 1 aromatic carbocycles. The molecule has 1 aromatic heterocycles. The van der Waals surface area contributed by atoms with Gasteiger partial charge in [-0.05, 0) is 36.6 Å². The van der Waals surface area contributed by atoms with Crippen LogP contribution in [-0.2, 0) is 16.4 Å². The van der Waals surface area contributed by atoms with E-state index in [0.29, 0.717) is 38.6 Å². The summed E-state index contributed by atoms with van der Waals surface area (Å²) in [6, 6.07) is 4.73. The summed E-state index contributed by atoms with van der Waals surface area (Å²) in [7, 11) is -1.45. The largest absolute Gasteiger partial charge is 0.361 e. The highest BCUT2D eigenvalue weighted by Crippen LogP contribution is 2.19. The van der Waals surface area contributed by atoms with Crippen molar-refractivity contribution in [1.82, 2.24) is 19.9 Å². The van der Waals surface area contributed by atoms with Crippen LogP contribution in [0.5, 0.6) is 0 Å². The molecule has 2 aromatic rings. The second-order valence-electron chi connectivity index (χ2n) is 6.29. The summed E-state index contributed by atoms with van der Waals surface area (Å²) in [5, 5.41) is 7.44. The molecule has 150 valence electrons. The van der Waals surface area contributed by atoms with Gasteiger partial charge < -0.3 is 15.6 Å². The van der Waals surface area contributed by atoms with E-state index < -0.39 is 10.0 Å². The molecule has 2 rings (SSSR count). The number of nitrogens with one attached hydrogen (secondary N) is 3. The highest BCUT2D eigenvalue weighted by atomic mass is 32.2. The zero-order valence-electron chi connectivity index (χ0n) is 16.0. The van der Waals surface area contributed by atoms with Crippen LogP contribution in [0.15, 0.2) is 29.4 Å². The lowest BCUT2D eigenvalue weighted by Crippen LogP contribution is -2.40. The van der Waals surface area contributed by atoms with Gasteiger partial charge in [-0.2, -0.15) is 0 Å². The van der Waals surface area contributed by atoms with Crippen molar-refractivity contribution in [2.75, 3.05) is 39.5 Å². The number of benzene rings is 1. The maximum Gasteiger partial charge on any atom is 0.211 e. The summed E-state index contributed by atoms with van der Waals surface area (Å²) >= 11 is 0. The van der Waals surface area contributed by atoms with Gasteiger partial charge in [0.15, 0.2) is 5.96 Å². The van der Waals surface area contributed by atoms with Crippen molar-refractivity contribution in [2.24, 2.45) is 4.99 Å². The second kappa shape index (κ2) is 9.70. The lowest BCUT2D eigenvalue weighted by molar-refractivity contribution is 0.424. The molecule has 0 aliphatic heterocycles. The van der Waals surface area contributed by atoms with E-state index in [4.69, 9.17) is 0 Å². The minimum atomic E-state index is -3.15. The number of halogens is 1. The number of aromatic amines is 1. The topological polar surface area (TPSA) is 89.6 Å². The molecule has 0 spiro atoms. The molecule has 0 saturated carbocycles. The number of fused-ring (bicyclic) bond motifs is 1. The second-order valence-corrected chi connectivity index (χ2v) is 8.27. The molecule has 0 amide bonds. The molecule has 0 aliphatic rings. The molecule has 0 bridgehead atoms. The molecular weight excluding hydrogens is 369 g/mol. The van der Waals surface area contributed by atoms with Crippen LogP contribution in [0.25, 0.3) is 10.9 Å². The predicted molar refractivity (Wildman–Crippen MR) is 108 cm³/mol. The van der Waals surface area contributed by atoms with Gasteiger partial charge in [0, 0.05) is 50.3 Å². The van der Waals surface area contributed by atoms with Crippen molar-refractivity contribution in [3.05, 3.63) is 35.8 Å². The third kappa shape index (κ3) is 6.21. The third-order valence-electron chi connectivity index (χ3n) is 4.34. The highest BCUT2D eigenvalue weighted by molar-refractivity contribution is 7.88. The molecule has 3 N–H and O–H groups in total. The van der Waals surface area contributed by atoms with Crippen LogP contribution in [0.2, 0.25) is 0 Å². The van der Waals surface area contributed by atoms with E-state index in [0.717, 1.165) is 22.9 Å². The lowest BCUT2D eigenvalue weighted by Gasteiger charge is -2.18. The Morgan fingerprint density at radius 3 is 2.70 bits per heavy atom. The number of sulfonamides is 1. The van der Waals surface area contributed by atoms with Crippen LogP contribution in [0, 0.1) is 5.82 Å². The van der Waals surface area contributed by atoms with Crippen LogP contribution in [0.4, 0.5) is 4.39 Å². The first-order valence-electron chi connectivity index (χ1n) is 9.00. The summed E-state index contributed by atoms with van der Waals surface area (Å²) in [6.07, 6.45) is 4.58. The van der Waals surface area contributed by atoms with E-state index in [1.165, 1.54) is 22.7 Å². The molecule has 0 radical (unpaired) electrons. The average Bonchev–Trinajstić information content (AvgIpc) is 3.01. The number of hydrogen-bond donors (Lipinski definition) is 3. The normalized spacial score (nSPS) is 12.7. The molecule has 1 heterocycles. The molecule has 0 saturated heterocycles. The molecule has 0 unspecified atom stereocenters. The Morgan fingerprint density at radius 2 is 2.04 bits per heavy atom. The number of guanidine groups is 1. The molecule has 27 heavy (non-hydrogen) atoms. The smallest absolute Gasteiger partial charge is 0.211 e. The first kappa shape index (κ1) is 21.2. The van der Waals surface area contributed by atoms with Gasteiger partial charge in [0.2, 0.25) is 10.0 Å². The molecule has 7 nitrogen and oxygen atoms in total. The Hall–Kier alpha value is -2.13. The molecule has 0 atom stereocenters. The Balaban J connectivity index is 1.75. The maximum atomic E-state index is 13.2. The standard InChI is InChI=1S/C18H28FN5O2S/c1-4-24(27(3,25)26)11-5-9-21-18(20-2)22-10-8-14-13-23-17-12-15(19)6-7-16(14)17/h6-7,12-13,23H,4-5,8-11H2,1-3H3,(H2,20,21,22). The Labute approximate surface area is 160 Å². The molecular formula is C18H28FN5O2S. The third-order valence-corrected chi connectivity index (χ3v) is 5.72. The quantitative estimate of drug-likeness (QED) is 0.341. The van der Waals surface area contributed by atoms with Gasteiger partial charge in [0.25, 0.3) is 0 Å².